The van der Waals surface area contributed by atoms with Gasteiger partial charge in [0.2, 0.25) is 11.8 Å². The van der Waals surface area contributed by atoms with Crippen LogP contribution in [0.15, 0.2) is 0 Å². The molecule has 0 spiro atoms. The second-order valence-corrected chi connectivity index (χ2v) is 6.36. The van der Waals surface area contributed by atoms with Gasteiger partial charge in [0.05, 0.1) is 0 Å². The molecular formula is C16H34N4O4. The number of rotatable bonds is 13. The van der Waals surface area contributed by atoms with E-state index in [1.165, 1.54) is 14.1 Å². The van der Waals surface area contributed by atoms with Crippen LogP contribution in [-0.2, 0) is 9.59 Å². The van der Waals surface area contributed by atoms with Crippen LogP contribution in [0.2, 0.25) is 0 Å². The maximum absolute atomic E-state index is 11.3. The number of amides is 2. The van der Waals surface area contributed by atoms with Gasteiger partial charge >= 0.3 is 0 Å². The molecular weight excluding hydrogens is 312 g/mol. The predicted octanol–water partition coefficient (Wildman–Crippen LogP) is 0.886. The molecule has 0 radical (unpaired) electrons. The number of carbonyl (C=O) groups excluding carboxylic acids is 2. The largest absolute Gasteiger partial charge is 0.306 e. The summed E-state index contributed by atoms with van der Waals surface area (Å²) in [7, 11) is 6.65. The van der Waals surface area contributed by atoms with E-state index < -0.39 is 0 Å². The van der Waals surface area contributed by atoms with Crippen molar-refractivity contribution in [2.45, 2.75) is 38.5 Å². The van der Waals surface area contributed by atoms with Gasteiger partial charge in [0.1, 0.15) is 0 Å². The van der Waals surface area contributed by atoms with Crippen molar-refractivity contribution >= 4 is 11.8 Å². The SMILES string of the molecule is CN(CCCCCCN(C)CCC(=O)N(C)O)CCC(=O)N(C)O. The van der Waals surface area contributed by atoms with E-state index in [2.05, 4.69) is 9.80 Å². The van der Waals surface area contributed by atoms with Crippen molar-refractivity contribution in [2.24, 2.45) is 0 Å². The van der Waals surface area contributed by atoms with Crippen LogP contribution in [0.25, 0.3) is 0 Å². The summed E-state index contributed by atoms with van der Waals surface area (Å²) in [4.78, 5) is 26.7. The molecule has 0 rings (SSSR count). The standard InChI is InChI=1S/C16H34N4O4/c1-17(13-9-15(21)19(3)23)11-7-5-6-8-12-18(2)14-10-16(22)20(4)24/h23-24H,5-14H2,1-4H3. The summed E-state index contributed by atoms with van der Waals surface area (Å²) < 4.78 is 0. The van der Waals surface area contributed by atoms with E-state index in [4.69, 9.17) is 10.4 Å². The molecule has 0 unspecified atom stereocenters. The maximum atomic E-state index is 11.3. The summed E-state index contributed by atoms with van der Waals surface area (Å²) in [6.45, 7) is 3.19. The fourth-order valence-electron chi connectivity index (χ4n) is 2.24. The highest BCUT2D eigenvalue weighted by atomic mass is 16.5. The molecule has 142 valence electrons. The first-order valence-corrected chi connectivity index (χ1v) is 8.52. The minimum atomic E-state index is -0.268. The first-order chi connectivity index (χ1) is 11.2. The molecule has 0 heterocycles. The zero-order valence-corrected chi connectivity index (χ0v) is 15.6. The second-order valence-electron chi connectivity index (χ2n) is 6.36. The quantitative estimate of drug-likeness (QED) is 0.292. The molecule has 0 fully saturated rings. The van der Waals surface area contributed by atoms with E-state index in [1.807, 2.05) is 14.1 Å². The third-order valence-corrected chi connectivity index (χ3v) is 3.97. The number of hydroxylamine groups is 4. The summed E-state index contributed by atoms with van der Waals surface area (Å²) in [5.74, 6) is -0.536. The van der Waals surface area contributed by atoms with Gasteiger partial charge in [-0.25, -0.2) is 10.1 Å². The van der Waals surface area contributed by atoms with E-state index >= 15 is 0 Å². The number of unbranched alkanes of at least 4 members (excludes halogenated alkanes) is 3. The van der Waals surface area contributed by atoms with Crippen molar-refractivity contribution < 1.29 is 20.0 Å². The highest BCUT2D eigenvalue weighted by Crippen LogP contribution is 2.03. The predicted molar refractivity (Wildman–Crippen MR) is 91.8 cm³/mol. The number of carbonyl (C=O) groups is 2. The first-order valence-electron chi connectivity index (χ1n) is 8.52. The van der Waals surface area contributed by atoms with Crippen LogP contribution in [-0.4, -0.2) is 96.5 Å². The molecule has 0 bridgehead atoms. The maximum Gasteiger partial charge on any atom is 0.246 e. The van der Waals surface area contributed by atoms with E-state index in [9.17, 15) is 9.59 Å². The average molecular weight is 346 g/mol. The lowest BCUT2D eigenvalue weighted by molar-refractivity contribution is -0.159. The van der Waals surface area contributed by atoms with Crippen molar-refractivity contribution in [3.63, 3.8) is 0 Å². The summed E-state index contributed by atoms with van der Waals surface area (Å²) >= 11 is 0. The Morgan fingerprint density at radius 2 is 0.958 bits per heavy atom. The third kappa shape index (κ3) is 12.2. The molecule has 2 N–H and O–H groups in total. The van der Waals surface area contributed by atoms with Gasteiger partial charge in [-0.1, -0.05) is 12.8 Å². The van der Waals surface area contributed by atoms with Gasteiger partial charge < -0.3 is 9.80 Å². The van der Waals surface area contributed by atoms with Gasteiger partial charge in [0.15, 0.2) is 0 Å². The summed E-state index contributed by atoms with van der Waals surface area (Å²) in [5.41, 5.74) is 0. The van der Waals surface area contributed by atoms with Crippen molar-refractivity contribution in [1.29, 1.82) is 0 Å². The Kier molecular flexibility index (Phi) is 12.4. The van der Waals surface area contributed by atoms with E-state index in [1.54, 1.807) is 0 Å². The van der Waals surface area contributed by atoms with Crippen LogP contribution < -0.4 is 0 Å². The first kappa shape index (κ1) is 22.8. The summed E-state index contributed by atoms with van der Waals surface area (Å²) in [6, 6.07) is 0. The lowest BCUT2D eigenvalue weighted by Gasteiger charge is -2.18. The Morgan fingerprint density at radius 3 is 1.25 bits per heavy atom. The van der Waals surface area contributed by atoms with Gasteiger partial charge in [-0.15, -0.1) is 0 Å². The van der Waals surface area contributed by atoms with Gasteiger partial charge in [-0.3, -0.25) is 20.0 Å². The minimum absolute atomic E-state index is 0.268. The Hall–Kier alpha value is -1.22. The van der Waals surface area contributed by atoms with Crippen molar-refractivity contribution in [2.75, 3.05) is 54.4 Å². The molecule has 0 aliphatic rings. The molecule has 8 nitrogen and oxygen atoms in total. The number of hydrogen-bond donors (Lipinski definition) is 2. The van der Waals surface area contributed by atoms with Crippen molar-refractivity contribution in [1.82, 2.24) is 19.9 Å². The Labute approximate surface area is 145 Å². The van der Waals surface area contributed by atoms with Crippen molar-refractivity contribution in [3.05, 3.63) is 0 Å². The molecule has 0 aromatic rings. The summed E-state index contributed by atoms with van der Waals surface area (Å²) in [6.07, 6.45) is 5.08. The lowest BCUT2D eigenvalue weighted by Crippen LogP contribution is -2.29. The lowest BCUT2D eigenvalue weighted by atomic mass is 10.2. The fraction of sp³-hybridized carbons (Fsp3) is 0.875. The van der Waals surface area contributed by atoms with E-state index in [0.29, 0.717) is 36.1 Å². The van der Waals surface area contributed by atoms with Crippen LogP contribution in [0.3, 0.4) is 0 Å². The van der Waals surface area contributed by atoms with Crippen LogP contribution in [0.1, 0.15) is 38.5 Å². The molecule has 0 atom stereocenters. The Bertz CT molecular complexity index is 330. The second kappa shape index (κ2) is 13.1. The minimum Gasteiger partial charge on any atom is -0.306 e. The molecule has 24 heavy (non-hydrogen) atoms. The van der Waals surface area contributed by atoms with Gasteiger partial charge in [-0.2, -0.15) is 0 Å². The Balaban J connectivity index is 3.52. The van der Waals surface area contributed by atoms with Crippen LogP contribution in [0.4, 0.5) is 0 Å². The molecule has 0 aliphatic heterocycles. The topological polar surface area (TPSA) is 87.6 Å². The van der Waals surface area contributed by atoms with Gasteiger partial charge in [0.25, 0.3) is 0 Å². The zero-order valence-electron chi connectivity index (χ0n) is 15.6. The molecule has 0 aliphatic carbocycles. The zero-order chi connectivity index (χ0) is 18.5. The van der Waals surface area contributed by atoms with Crippen LogP contribution in [0.5, 0.6) is 0 Å². The van der Waals surface area contributed by atoms with E-state index in [-0.39, 0.29) is 11.8 Å². The van der Waals surface area contributed by atoms with Crippen LogP contribution in [0, 0.1) is 0 Å². The number of hydrogen-bond acceptors (Lipinski definition) is 6. The molecule has 2 amide bonds. The van der Waals surface area contributed by atoms with Gasteiger partial charge in [0, 0.05) is 40.0 Å². The summed E-state index contributed by atoms with van der Waals surface area (Å²) in [5, 5.41) is 19.2. The third-order valence-electron chi connectivity index (χ3n) is 3.97. The van der Waals surface area contributed by atoms with Crippen LogP contribution >= 0.6 is 0 Å². The molecule has 0 saturated heterocycles. The fourth-order valence-corrected chi connectivity index (χ4v) is 2.24. The molecule has 8 heteroatoms. The van der Waals surface area contributed by atoms with Gasteiger partial charge in [-0.05, 0) is 40.0 Å². The molecule has 0 aromatic heterocycles. The number of nitrogens with zero attached hydrogens (tertiary/aromatic N) is 4. The van der Waals surface area contributed by atoms with E-state index in [0.717, 1.165) is 38.8 Å². The smallest absolute Gasteiger partial charge is 0.246 e. The monoisotopic (exact) mass is 346 g/mol. The Morgan fingerprint density at radius 1 is 0.625 bits per heavy atom. The molecule has 0 saturated carbocycles. The average Bonchev–Trinajstić information content (AvgIpc) is 2.52. The highest BCUT2D eigenvalue weighted by molar-refractivity contribution is 5.75. The molecule has 0 aromatic carbocycles. The highest BCUT2D eigenvalue weighted by Gasteiger charge is 2.08. The van der Waals surface area contributed by atoms with Crippen molar-refractivity contribution in [3.8, 4) is 0 Å². The normalized spacial score (nSPS) is 11.2.